The zero-order valence-corrected chi connectivity index (χ0v) is 16.0. The Bertz CT molecular complexity index is 734. The van der Waals surface area contributed by atoms with E-state index in [0.29, 0.717) is 4.90 Å². The molecule has 6 heteroatoms. The highest BCUT2D eigenvalue weighted by Gasteiger charge is 2.33. The SMILES string of the molecule is CN=S(=O)(/C=C1/CCCC[C@H]1[C@@H](OC(N)=O)C(C)C)c1ccccc1. The predicted molar refractivity (Wildman–Crippen MR) is 101 cm³/mol. The van der Waals surface area contributed by atoms with Gasteiger partial charge in [-0.15, -0.1) is 0 Å². The van der Waals surface area contributed by atoms with E-state index in [4.69, 9.17) is 10.5 Å². The molecule has 138 valence electrons. The van der Waals surface area contributed by atoms with Crippen molar-refractivity contribution in [2.45, 2.75) is 50.5 Å². The van der Waals surface area contributed by atoms with Crippen LogP contribution in [0.25, 0.3) is 0 Å². The lowest BCUT2D eigenvalue weighted by molar-refractivity contribution is 0.0411. The summed E-state index contributed by atoms with van der Waals surface area (Å²) in [6.45, 7) is 4.02. The van der Waals surface area contributed by atoms with Crippen LogP contribution in [0.2, 0.25) is 0 Å². The Kier molecular flexibility index (Phi) is 6.64. The minimum Gasteiger partial charge on any atom is -0.445 e. The first-order chi connectivity index (χ1) is 11.9. The van der Waals surface area contributed by atoms with Crippen molar-refractivity contribution in [2.75, 3.05) is 7.05 Å². The van der Waals surface area contributed by atoms with E-state index in [9.17, 15) is 9.00 Å². The second-order valence-electron chi connectivity index (χ2n) is 6.75. The quantitative estimate of drug-likeness (QED) is 0.844. The Labute approximate surface area is 150 Å². The van der Waals surface area contributed by atoms with E-state index in [1.54, 1.807) is 7.05 Å². The topological polar surface area (TPSA) is 81.8 Å². The summed E-state index contributed by atoms with van der Waals surface area (Å²) in [5.74, 6) is 0.165. The molecule has 1 fully saturated rings. The summed E-state index contributed by atoms with van der Waals surface area (Å²) in [5, 5.41) is 1.81. The number of ether oxygens (including phenoxy) is 1. The molecule has 2 N–H and O–H groups in total. The molecule has 0 spiro atoms. The van der Waals surface area contributed by atoms with Crippen LogP contribution in [0.5, 0.6) is 0 Å². The maximum atomic E-state index is 13.4. The van der Waals surface area contributed by atoms with Crippen molar-refractivity contribution in [3.8, 4) is 0 Å². The largest absolute Gasteiger partial charge is 0.445 e. The van der Waals surface area contributed by atoms with Gasteiger partial charge in [-0.05, 0) is 37.3 Å². The monoisotopic (exact) mass is 364 g/mol. The average Bonchev–Trinajstić information content (AvgIpc) is 2.60. The fraction of sp³-hybridized carbons (Fsp3) is 0.526. The van der Waals surface area contributed by atoms with Gasteiger partial charge in [-0.3, -0.25) is 0 Å². The molecule has 0 radical (unpaired) electrons. The fourth-order valence-corrected chi connectivity index (χ4v) is 5.15. The van der Waals surface area contributed by atoms with Crippen LogP contribution in [0.1, 0.15) is 39.5 Å². The molecule has 1 amide bonds. The van der Waals surface area contributed by atoms with E-state index >= 15 is 0 Å². The standard InChI is InChI=1S/C19H28N2O3S/c1-14(2)18(24-19(20)22)17-12-8-7-9-15(17)13-25(23,21-3)16-10-5-4-6-11-16/h4-6,10-11,13-14,17-18H,7-9,12H2,1-3H3,(H2,20,22)/b15-13-/t17-,18+,25?/m1/s1. The number of rotatable bonds is 5. The Morgan fingerprint density at radius 2 is 2.00 bits per heavy atom. The molecule has 3 atom stereocenters. The zero-order valence-electron chi connectivity index (χ0n) is 15.2. The number of benzene rings is 1. The molecule has 0 heterocycles. The molecule has 1 aromatic carbocycles. The number of amides is 1. The van der Waals surface area contributed by atoms with Gasteiger partial charge in [0.2, 0.25) is 0 Å². The fourth-order valence-electron chi connectivity index (χ4n) is 3.45. The van der Waals surface area contributed by atoms with Gasteiger partial charge < -0.3 is 10.5 Å². The highest BCUT2D eigenvalue weighted by Crippen LogP contribution is 2.37. The van der Waals surface area contributed by atoms with Gasteiger partial charge in [0, 0.05) is 18.4 Å². The normalized spacial score (nSPS) is 23.0. The van der Waals surface area contributed by atoms with Crippen molar-refractivity contribution in [3.05, 3.63) is 41.3 Å². The van der Waals surface area contributed by atoms with Gasteiger partial charge in [0.1, 0.15) is 6.10 Å². The molecular formula is C19H28N2O3S. The molecular weight excluding hydrogens is 336 g/mol. The molecule has 0 bridgehead atoms. The van der Waals surface area contributed by atoms with Crippen molar-refractivity contribution >= 4 is 15.8 Å². The molecule has 0 aromatic heterocycles. The number of primary amides is 1. The van der Waals surface area contributed by atoms with Crippen LogP contribution in [0.3, 0.4) is 0 Å². The first kappa shape index (κ1) is 19.5. The second kappa shape index (κ2) is 8.52. The third-order valence-corrected chi connectivity index (χ3v) is 6.79. The van der Waals surface area contributed by atoms with Gasteiger partial charge in [-0.2, -0.15) is 0 Å². The van der Waals surface area contributed by atoms with E-state index in [1.807, 2.05) is 49.6 Å². The van der Waals surface area contributed by atoms with E-state index in [0.717, 1.165) is 31.3 Å². The smallest absolute Gasteiger partial charge is 0.404 e. The number of hydrogen-bond acceptors (Lipinski definition) is 4. The van der Waals surface area contributed by atoms with Crippen LogP contribution in [-0.4, -0.2) is 23.5 Å². The summed E-state index contributed by atoms with van der Waals surface area (Å²) in [7, 11) is -1.05. The van der Waals surface area contributed by atoms with Crippen LogP contribution in [0.15, 0.2) is 50.6 Å². The van der Waals surface area contributed by atoms with Gasteiger partial charge in [-0.25, -0.2) is 13.4 Å². The zero-order chi connectivity index (χ0) is 18.4. The molecule has 0 saturated heterocycles. The molecule has 1 saturated carbocycles. The molecule has 2 rings (SSSR count). The first-order valence-electron chi connectivity index (χ1n) is 8.74. The predicted octanol–water partition coefficient (Wildman–Crippen LogP) is 4.34. The number of nitrogens with two attached hydrogens (primary N) is 1. The average molecular weight is 365 g/mol. The minimum absolute atomic E-state index is 0.0348. The first-order valence-corrected chi connectivity index (χ1v) is 10.3. The Morgan fingerprint density at radius 1 is 1.32 bits per heavy atom. The van der Waals surface area contributed by atoms with Crippen LogP contribution in [-0.2, 0) is 14.5 Å². The highest BCUT2D eigenvalue weighted by atomic mass is 32.2. The number of carbonyl (C=O) groups excluding carboxylic acids is 1. The summed E-state index contributed by atoms with van der Waals surface area (Å²) in [6, 6.07) is 9.30. The Balaban J connectivity index is 2.44. The molecule has 1 aliphatic carbocycles. The van der Waals surface area contributed by atoms with Crippen LogP contribution >= 0.6 is 0 Å². The summed E-state index contributed by atoms with van der Waals surface area (Å²) in [5.41, 5.74) is 6.33. The maximum absolute atomic E-state index is 13.4. The van der Waals surface area contributed by atoms with E-state index in [2.05, 4.69) is 4.36 Å². The van der Waals surface area contributed by atoms with Gasteiger partial charge in [-0.1, -0.05) is 44.0 Å². The van der Waals surface area contributed by atoms with Crippen molar-refractivity contribution in [1.29, 1.82) is 0 Å². The van der Waals surface area contributed by atoms with E-state index in [-0.39, 0.29) is 17.9 Å². The van der Waals surface area contributed by atoms with E-state index in [1.165, 1.54) is 0 Å². The molecule has 1 unspecified atom stereocenters. The lowest BCUT2D eigenvalue weighted by Gasteiger charge is -2.34. The third-order valence-electron chi connectivity index (χ3n) is 4.68. The summed E-state index contributed by atoms with van der Waals surface area (Å²) < 4.78 is 23.0. The van der Waals surface area contributed by atoms with Crippen LogP contribution in [0.4, 0.5) is 4.79 Å². The summed E-state index contributed by atoms with van der Waals surface area (Å²) in [4.78, 5) is 12.0. The van der Waals surface area contributed by atoms with Gasteiger partial charge in [0.05, 0.1) is 14.6 Å². The second-order valence-corrected chi connectivity index (χ2v) is 8.96. The number of carbonyl (C=O) groups is 1. The highest BCUT2D eigenvalue weighted by molar-refractivity contribution is 7.96. The van der Waals surface area contributed by atoms with Crippen molar-refractivity contribution in [1.82, 2.24) is 0 Å². The van der Waals surface area contributed by atoms with Crippen LogP contribution in [0, 0.1) is 11.8 Å². The van der Waals surface area contributed by atoms with Gasteiger partial charge in [0.25, 0.3) is 0 Å². The van der Waals surface area contributed by atoms with Crippen molar-refractivity contribution in [3.63, 3.8) is 0 Å². The van der Waals surface area contributed by atoms with Crippen LogP contribution < -0.4 is 5.73 Å². The molecule has 5 nitrogen and oxygen atoms in total. The van der Waals surface area contributed by atoms with E-state index < -0.39 is 15.8 Å². The number of hydrogen-bond donors (Lipinski definition) is 1. The molecule has 25 heavy (non-hydrogen) atoms. The minimum atomic E-state index is -2.63. The lowest BCUT2D eigenvalue weighted by atomic mass is 9.78. The molecule has 1 aromatic rings. The van der Waals surface area contributed by atoms with Crippen molar-refractivity contribution < 1.29 is 13.7 Å². The van der Waals surface area contributed by atoms with Gasteiger partial charge in [0.15, 0.2) is 0 Å². The Morgan fingerprint density at radius 3 is 2.56 bits per heavy atom. The molecule has 0 aliphatic heterocycles. The number of nitrogens with zero attached hydrogens (tertiary/aromatic N) is 1. The van der Waals surface area contributed by atoms with Crippen molar-refractivity contribution in [2.24, 2.45) is 21.9 Å². The lowest BCUT2D eigenvalue weighted by Crippen LogP contribution is -2.36. The summed E-state index contributed by atoms with van der Waals surface area (Å²) in [6.07, 6.45) is 2.78. The maximum Gasteiger partial charge on any atom is 0.404 e. The van der Waals surface area contributed by atoms with Gasteiger partial charge >= 0.3 is 6.09 Å². The summed E-state index contributed by atoms with van der Waals surface area (Å²) >= 11 is 0. The Hall–Kier alpha value is -1.82. The third kappa shape index (κ3) is 4.84. The molecule has 1 aliphatic rings.